The van der Waals surface area contributed by atoms with Crippen LogP contribution in [0.5, 0.6) is 0 Å². The minimum Gasteiger partial charge on any atom is -0.348 e. The number of ketones is 1. The molecule has 4 N–H and O–H groups in total. The van der Waals surface area contributed by atoms with Crippen molar-refractivity contribution in [1.82, 2.24) is 35.8 Å². The second kappa shape index (κ2) is 18.8. The van der Waals surface area contributed by atoms with Crippen molar-refractivity contribution >= 4 is 52.7 Å². The van der Waals surface area contributed by atoms with E-state index in [1.165, 1.54) is 4.90 Å². The molecule has 2 aromatic carbocycles. The third-order valence-corrected chi connectivity index (χ3v) is 11.2. The van der Waals surface area contributed by atoms with Crippen LogP contribution in [0, 0.1) is 25.7 Å². The number of anilines is 4. The number of hydrogen-bond donors (Lipinski definition) is 4. The lowest BCUT2D eigenvalue weighted by molar-refractivity contribution is -0.141. The molecule has 0 spiro atoms. The number of aromatic nitrogens is 3. The summed E-state index contributed by atoms with van der Waals surface area (Å²) in [6.45, 7) is 13.6. The Morgan fingerprint density at radius 2 is 1.60 bits per heavy atom. The predicted molar refractivity (Wildman–Crippen MR) is 231 cm³/mol. The molecule has 0 radical (unpaired) electrons. The van der Waals surface area contributed by atoms with Crippen molar-refractivity contribution in [2.45, 2.75) is 92.0 Å². The molecule has 1 saturated heterocycles. The number of aryl methyl sites for hydroxylation is 2. The van der Waals surface area contributed by atoms with Crippen molar-refractivity contribution < 1.29 is 24.0 Å². The predicted octanol–water partition coefficient (Wildman–Crippen LogP) is 5.61. The summed E-state index contributed by atoms with van der Waals surface area (Å²) in [6.07, 6.45) is 4.47. The van der Waals surface area contributed by atoms with E-state index in [0.717, 1.165) is 28.1 Å². The molecule has 4 aromatic rings. The van der Waals surface area contributed by atoms with Crippen LogP contribution in [0.3, 0.4) is 0 Å². The number of Topliss-reactive ketones (excluding diaryl/α,β-unsaturated/α-hetero) is 1. The Balaban J connectivity index is 1.10. The number of carbonyl (C=O) groups excluding carboxylic acids is 5. The Hall–Kier alpha value is -6.22. The number of rotatable bonds is 15. The molecule has 0 unspecified atom stereocenters. The number of nitrogens with zero attached hydrogens (tertiary/aromatic N) is 6. The Morgan fingerprint density at radius 1 is 0.867 bits per heavy atom. The zero-order valence-electron chi connectivity index (χ0n) is 35.7. The van der Waals surface area contributed by atoms with E-state index in [1.54, 1.807) is 47.4 Å². The minimum atomic E-state index is -0.793. The van der Waals surface area contributed by atoms with Crippen LogP contribution in [0.15, 0.2) is 73.1 Å². The summed E-state index contributed by atoms with van der Waals surface area (Å²) in [5, 5.41) is 12.3. The number of likely N-dealkylation sites (tertiary alicyclic amines) is 1. The van der Waals surface area contributed by atoms with Crippen molar-refractivity contribution in [2.75, 3.05) is 35.3 Å². The van der Waals surface area contributed by atoms with Crippen molar-refractivity contribution in [1.29, 1.82) is 0 Å². The van der Waals surface area contributed by atoms with Gasteiger partial charge in [-0.15, -0.1) is 0 Å². The molecule has 5 amide bonds. The SMILES string of the molecule is Cc1ccc(Nc2ncc3c(n2)N(C)C(=O)N(c2cc(C(=O)CN[C@H](C(=O)N4CCC[C@H]4C(=O)N[C@H](C(=O)N[C@H](C)c4ccccc4)C(C)C)C(C)C)ccc2C)C3)cn1. The third-order valence-electron chi connectivity index (χ3n) is 11.2. The Kier molecular flexibility index (Phi) is 13.6. The Morgan fingerprint density at radius 3 is 2.28 bits per heavy atom. The highest BCUT2D eigenvalue weighted by Crippen LogP contribution is 2.33. The summed E-state index contributed by atoms with van der Waals surface area (Å²) in [5.74, 6) is -0.800. The van der Waals surface area contributed by atoms with Gasteiger partial charge in [-0.1, -0.05) is 70.2 Å². The summed E-state index contributed by atoms with van der Waals surface area (Å²) in [4.78, 5) is 86.9. The van der Waals surface area contributed by atoms with Crippen LogP contribution in [0.25, 0.3) is 0 Å². The second-order valence-corrected chi connectivity index (χ2v) is 16.4. The molecule has 4 heterocycles. The maximum Gasteiger partial charge on any atom is 0.330 e. The minimum absolute atomic E-state index is 0.145. The van der Waals surface area contributed by atoms with Gasteiger partial charge < -0.3 is 20.9 Å². The molecule has 15 nitrogen and oxygen atoms in total. The summed E-state index contributed by atoms with van der Waals surface area (Å²) < 4.78 is 0. The standard InChI is InChI=1S/C45H56N10O5/c1-26(2)38(42(58)49-30(7)31-13-10-9-11-14-31)51-41(57)35-15-12-20-54(35)43(59)39(27(3)4)47-24-37(56)32-18-16-28(5)36(21-32)55-25-33-22-48-44(52-40(33)53(8)45(55)60)50-34-19-17-29(6)46-23-34/h9-11,13-14,16-19,21-23,26-27,30,35,38-39,47H,12,15,20,24-25H2,1-8H3,(H,49,58)(H,51,57)(H,48,50,52)/t30-,35+,38+,39+/m1/s1. The van der Waals surface area contributed by atoms with Gasteiger partial charge >= 0.3 is 6.03 Å². The van der Waals surface area contributed by atoms with Crippen LogP contribution in [0.1, 0.15) is 86.2 Å². The van der Waals surface area contributed by atoms with Gasteiger partial charge in [-0.05, 0) is 74.8 Å². The van der Waals surface area contributed by atoms with Gasteiger partial charge in [0.2, 0.25) is 23.7 Å². The topological polar surface area (TPSA) is 182 Å². The maximum absolute atomic E-state index is 14.1. The van der Waals surface area contributed by atoms with Gasteiger partial charge in [-0.3, -0.25) is 39.3 Å². The number of pyridine rings is 1. The molecule has 2 aliphatic rings. The lowest BCUT2D eigenvalue weighted by Gasteiger charge is -2.35. The largest absolute Gasteiger partial charge is 0.348 e. The average molecular weight is 817 g/mol. The van der Waals surface area contributed by atoms with E-state index in [1.807, 2.05) is 90.9 Å². The van der Waals surface area contributed by atoms with Crippen molar-refractivity contribution in [2.24, 2.45) is 11.8 Å². The van der Waals surface area contributed by atoms with Gasteiger partial charge in [0.05, 0.1) is 37.1 Å². The summed E-state index contributed by atoms with van der Waals surface area (Å²) in [6, 6.07) is 15.7. The second-order valence-electron chi connectivity index (χ2n) is 16.4. The molecule has 4 atom stereocenters. The number of benzene rings is 2. The highest BCUT2D eigenvalue weighted by Gasteiger charge is 2.40. The fraction of sp³-hybridized carbons (Fsp3) is 0.422. The van der Waals surface area contributed by atoms with Crippen molar-refractivity contribution in [3.63, 3.8) is 0 Å². The zero-order valence-corrected chi connectivity index (χ0v) is 35.7. The normalized spacial score (nSPS) is 16.7. The highest BCUT2D eigenvalue weighted by molar-refractivity contribution is 6.07. The number of nitrogens with one attached hydrogen (secondary N) is 4. The van der Waals surface area contributed by atoms with Gasteiger partial charge in [-0.2, -0.15) is 4.98 Å². The quantitative estimate of drug-likeness (QED) is 0.110. The fourth-order valence-corrected chi connectivity index (χ4v) is 7.61. The molecule has 0 bridgehead atoms. The third kappa shape index (κ3) is 9.79. The highest BCUT2D eigenvalue weighted by atomic mass is 16.2. The van der Waals surface area contributed by atoms with E-state index >= 15 is 0 Å². The first-order chi connectivity index (χ1) is 28.6. The van der Waals surface area contributed by atoms with E-state index in [9.17, 15) is 24.0 Å². The molecule has 0 saturated carbocycles. The molecular weight excluding hydrogens is 761 g/mol. The lowest BCUT2D eigenvalue weighted by atomic mass is 10.00. The Labute approximate surface area is 351 Å². The van der Waals surface area contributed by atoms with Gasteiger partial charge in [0.1, 0.15) is 17.9 Å². The maximum atomic E-state index is 14.1. The molecular formula is C45H56N10O5. The van der Waals surface area contributed by atoms with Crippen molar-refractivity contribution in [3.05, 3.63) is 101 Å². The summed E-state index contributed by atoms with van der Waals surface area (Å²) in [5.41, 5.74) is 5.03. The zero-order chi connectivity index (χ0) is 43.2. The van der Waals surface area contributed by atoms with Crippen LogP contribution in [-0.2, 0) is 20.9 Å². The van der Waals surface area contributed by atoms with Gasteiger partial charge in [0.25, 0.3) is 0 Å². The van der Waals surface area contributed by atoms with E-state index in [-0.39, 0.29) is 60.5 Å². The molecule has 0 aliphatic carbocycles. The smallest absolute Gasteiger partial charge is 0.330 e. The van der Waals surface area contributed by atoms with E-state index < -0.39 is 18.1 Å². The monoisotopic (exact) mass is 816 g/mol. The van der Waals surface area contributed by atoms with E-state index in [0.29, 0.717) is 42.4 Å². The van der Waals surface area contributed by atoms with Crippen LogP contribution in [0.4, 0.5) is 27.9 Å². The number of amides is 5. The molecule has 15 heteroatoms. The Bertz CT molecular complexity index is 2210. The first-order valence-electron chi connectivity index (χ1n) is 20.6. The molecule has 60 heavy (non-hydrogen) atoms. The van der Waals surface area contributed by atoms with E-state index in [2.05, 4.69) is 36.2 Å². The van der Waals surface area contributed by atoms with Crippen LogP contribution in [-0.4, -0.2) is 87.7 Å². The van der Waals surface area contributed by atoms with E-state index in [4.69, 9.17) is 0 Å². The average Bonchev–Trinajstić information content (AvgIpc) is 3.73. The van der Waals surface area contributed by atoms with Crippen LogP contribution in [0.2, 0.25) is 0 Å². The van der Waals surface area contributed by atoms with Gasteiger partial charge in [0, 0.05) is 42.3 Å². The van der Waals surface area contributed by atoms with Gasteiger partial charge in [0.15, 0.2) is 5.78 Å². The molecule has 2 aromatic heterocycles. The first-order valence-corrected chi connectivity index (χ1v) is 20.6. The van der Waals surface area contributed by atoms with Crippen LogP contribution < -0.4 is 31.1 Å². The summed E-state index contributed by atoms with van der Waals surface area (Å²) in [7, 11) is 1.65. The number of hydrogen-bond acceptors (Lipinski definition) is 10. The fourth-order valence-electron chi connectivity index (χ4n) is 7.61. The van der Waals surface area contributed by atoms with Crippen LogP contribution >= 0.6 is 0 Å². The molecule has 6 rings (SSSR count). The van der Waals surface area contributed by atoms with Gasteiger partial charge in [-0.25, -0.2) is 9.78 Å². The number of carbonyl (C=O) groups is 5. The number of urea groups is 1. The summed E-state index contributed by atoms with van der Waals surface area (Å²) >= 11 is 0. The molecule has 1 fully saturated rings. The molecule has 2 aliphatic heterocycles. The first kappa shape index (κ1) is 43.4. The lowest BCUT2D eigenvalue weighted by Crippen LogP contribution is -2.58. The molecule has 316 valence electrons. The van der Waals surface area contributed by atoms with Crippen molar-refractivity contribution in [3.8, 4) is 0 Å². The number of fused-ring (bicyclic) bond motifs is 1.